The molecule has 1 N–H and O–H groups in total. The summed E-state index contributed by atoms with van der Waals surface area (Å²) in [6, 6.07) is 6.40. The molecule has 1 aliphatic heterocycles. The number of carbonyl (C=O) groups is 2. The zero-order chi connectivity index (χ0) is 17.9. The number of carboxylic acids is 1. The summed E-state index contributed by atoms with van der Waals surface area (Å²) in [6.07, 6.45) is 0. The molecule has 1 aromatic rings. The third-order valence-electron chi connectivity index (χ3n) is 4.17. The van der Waals surface area contributed by atoms with E-state index in [1.165, 1.54) is 7.11 Å². The van der Waals surface area contributed by atoms with Crippen LogP contribution in [0.15, 0.2) is 24.3 Å². The first-order chi connectivity index (χ1) is 11.3. The summed E-state index contributed by atoms with van der Waals surface area (Å²) >= 11 is 0. The minimum Gasteiger partial charge on any atom is -0.493 e. The number of nitrogens with zero attached hydrogens (tertiary/aromatic N) is 2. The van der Waals surface area contributed by atoms with Gasteiger partial charge in [-0.15, -0.1) is 0 Å². The van der Waals surface area contributed by atoms with Gasteiger partial charge < -0.3 is 19.5 Å². The second-order valence-electron chi connectivity index (χ2n) is 6.35. The van der Waals surface area contributed by atoms with Crippen LogP contribution in [0.25, 0.3) is 0 Å². The number of hydrogen-bond donors (Lipinski definition) is 1. The highest BCUT2D eigenvalue weighted by atomic mass is 16.5. The first-order valence-electron chi connectivity index (χ1n) is 7.80. The van der Waals surface area contributed by atoms with Crippen LogP contribution >= 0.6 is 0 Å². The van der Waals surface area contributed by atoms with Crippen molar-refractivity contribution in [3.8, 4) is 11.5 Å². The van der Waals surface area contributed by atoms with Crippen LogP contribution in [-0.4, -0.2) is 72.2 Å². The molecular formula is C17H24N2O5. The summed E-state index contributed by atoms with van der Waals surface area (Å²) in [7, 11) is 3.28. The molecule has 0 bridgehead atoms. The van der Waals surface area contributed by atoms with Crippen molar-refractivity contribution in [2.75, 3.05) is 33.8 Å². The van der Waals surface area contributed by atoms with Gasteiger partial charge in [-0.2, -0.15) is 0 Å². The number of rotatable bonds is 5. The van der Waals surface area contributed by atoms with Crippen LogP contribution in [0.5, 0.6) is 11.5 Å². The minimum absolute atomic E-state index is 0.142. The molecule has 2 rings (SSSR count). The largest absolute Gasteiger partial charge is 0.493 e. The third kappa shape index (κ3) is 3.79. The highest BCUT2D eigenvalue weighted by molar-refractivity contribution is 5.86. The summed E-state index contributed by atoms with van der Waals surface area (Å²) in [5.41, 5.74) is -1.13. The fourth-order valence-corrected chi connectivity index (χ4v) is 2.73. The summed E-state index contributed by atoms with van der Waals surface area (Å²) in [6.45, 7) is 4.47. The highest BCUT2D eigenvalue weighted by Crippen LogP contribution is 2.30. The third-order valence-corrected chi connectivity index (χ3v) is 4.17. The average molecular weight is 336 g/mol. The smallest absolute Gasteiger partial charge is 0.322 e. The van der Waals surface area contributed by atoms with E-state index in [0.717, 1.165) is 0 Å². The maximum absolute atomic E-state index is 12.8. The number of likely N-dealkylation sites (N-methyl/N-ethyl adjacent to an activating group) is 1. The topological polar surface area (TPSA) is 79.3 Å². The number of amides is 1. The molecule has 1 amide bonds. The number of methoxy groups -OCH3 is 1. The van der Waals surface area contributed by atoms with Crippen LogP contribution in [0.2, 0.25) is 0 Å². The molecule has 1 aromatic carbocycles. The Morgan fingerprint density at radius 3 is 2.42 bits per heavy atom. The molecule has 0 aliphatic carbocycles. The number of piperazine rings is 1. The van der Waals surface area contributed by atoms with E-state index in [4.69, 9.17) is 9.47 Å². The maximum atomic E-state index is 12.8. The number of benzene rings is 1. The lowest BCUT2D eigenvalue weighted by atomic mass is 10.1. The van der Waals surface area contributed by atoms with Gasteiger partial charge in [0.25, 0.3) is 5.91 Å². The number of ether oxygens (including phenoxy) is 2. The molecular weight excluding hydrogens is 312 g/mol. The Hall–Kier alpha value is -2.28. The van der Waals surface area contributed by atoms with E-state index < -0.39 is 17.6 Å². The molecule has 1 fully saturated rings. The van der Waals surface area contributed by atoms with Gasteiger partial charge in [-0.1, -0.05) is 12.1 Å². The predicted molar refractivity (Wildman–Crippen MR) is 88.3 cm³/mol. The van der Waals surface area contributed by atoms with Gasteiger partial charge in [0, 0.05) is 19.6 Å². The summed E-state index contributed by atoms with van der Waals surface area (Å²) in [4.78, 5) is 27.5. The van der Waals surface area contributed by atoms with Crippen LogP contribution < -0.4 is 9.47 Å². The van der Waals surface area contributed by atoms with Crippen molar-refractivity contribution in [2.45, 2.75) is 25.5 Å². The molecule has 7 nitrogen and oxygen atoms in total. The van der Waals surface area contributed by atoms with Crippen LogP contribution in [0.4, 0.5) is 0 Å². The zero-order valence-electron chi connectivity index (χ0n) is 14.5. The van der Waals surface area contributed by atoms with E-state index >= 15 is 0 Å². The molecule has 132 valence electrons. The predicted octanol–water partition coefficient (Wildman–Crippen LogP) is 1.08. The lowest BCUT2D eigenvalue weighted by Gasteiger charge is -2.40. The van der Waals surface area contributed by atoms with Crippen molar-refractivity contribution in [2.24, 2.45) is 0 Å². The van der Waals surface area contributed by atoms with Gasteiger partial charge in [0.2, 0.25) is 0 Å². The first kappa shape index (κ1) is 18.1. The van der Waals surface area contributed by atoms with Crippen LogP contribution in [0.1, 0.15) is 13.8 Å². The molecule has 1 aliphatic rings. The Bertz CT molecular complexity index is 617. The quantitative estimate of drug-likeness (QED) is 0.867. The molecule has 0 aromatic heterocycles. The number of hydrogen-bond acceptors (Lipinski definition) is 5. The first-order valence-corrected chi connectivity index (χ1v) is 7.80. The lowest BCUT2D eigenvalue weighted by molar-refractivity contribution is -0.153. The van der Waals surface area contributed by atoms with E-state index in [-0.39, 0.29) is 12.5 Å². The standard InChI is InChI=1S/C17H24N2O5/c1-17(2,24-14-8-6-5-7-13(14)23-4)16(22)19-10-9-18(3)12(11-19)15(20)21/h5-8,12H,9-11H2,1-4H3,(H,20,21)/t12-/m1/s1. The van der Waals surface area contributed by atoms with E-state index in [1.54, 1.807) is 48.9 Å². The van der Waals surface area contributed by atoms with Crippen molar-refractivity contribution >= 4 is 11.9 Å². The van der Waals surface area contributed by atoms with Crippen LogP contribution in [-0.2, 0) is 9.59 Å². The summed E-state index contributed by atoms with van der Waals surface area (Å²) in [5.74, 6) is -0.159. The van der Waals surface area contributed by atoms with Crippen molar-refractivity contribution in [1.82, 2.24) is 9.80 Å². The molecule has 0 radical (unpaired) electrons. The van der Waals surface area contributed by atoms with Gasteiger partial charge in [0.15, 0.2) is 17.1 Å². The van der Waals surface area contributed by atoms with E-state index in [1.807, 2.05) is 6.07 Å². The van der Waals surface area contributed by atoms with E-state index in [0.29, 0.717) is 24.6 Å². The number of carboxylic acid groups (broad SMARTS) is 1. The van der Waals surface area contributed by atoms with Crippen LogP contribution in [0, 0.1) is 0 Å². The monoisotopic (exact) mass is 336 g/mol. The SMILES string of the molecule is COc1ccccc1OC(C)(C)C(=O)N1CCN(C)[C@@H](C(=O)O)C1. The lowest BCUT2D eigenvalue weighted by Crippen LogP contribution is -2.60. The Morgan fingerprint density at radius 2 is 1.83 bits per heavy atom. The van der Waals surface area contributed by atoms with E-state index in [2.05, 4.69) is 0 Å². The van der Waals surface area contributed by atoms with Crippen molar-refractivity contribution in [1.29, 1.82) is 0 Å². The van der Waals surface area contributed by atoms with Crippen LogP contribution in [0.3, 0.4) is 0 Å². The number of aliphatic carboxylic acids is 1. The fourth-order valence-electron chi connectivity index (χ4n) is 2.73. The summed E-state index contributed by atoms with van der Waals surface area (Å²) < 4.78 is 11.1. The number of para-hydroxylation sites is 2. The molecule has 1 atom stereocenters. The van der Waals surface area contributed by atoms with Gasteiger partial charge in [-0.3, -0.25) is 14.5 Å². The van der Waals surface area contributed by atoms with Gasteiger partial charge >= 0.3 is 5.97 Å². The minimum atomic E-state index is -1.13. The van der Waals surface area contributed by atoms with Gasteiger partial charge in [-0.25, -0.2) is 0 Å². The zero-order valence-corrected chi connectivity index (χ0v) is 14.5. The van der Waals surface area contributed by atoms with Gasteiger partial charge in [-0.05, 0) is 33.0 Å². The molecule has 0 unspecified atom stereocenters. The normalized spacial score (nSPS) is 19.0. The fraction of sp³-hybridized carbons (Fsp3) is 0.529. The second-order valence-corrected chi connectivity index (χ2v) is 6.35. The molecule has 1 heterocycles. The number of carbonyl (C=O) groups excluding carboxylic acids is 1. The van der Waals surface area contributed by atoms with Gasteiger partial charge in [0.1, 0.15) is 6.04 Å². The highest BCUT2D eigenvalue weighted by Gasteiger charge is 2.39. The Kier molecular flexibility index (Phi) is 5.33. The van der Waals surface area contributed by atoms with E-state index in [9.17, 15) is 14.7 Å². The molecule has 1 saturated heterocycles. The molecule has 24 heavy (non-hydrogen) atoms. The van der Waals surface area contributed by atoms with Crippen molar-refractivity contribution in [3.63, 3.8) is 0 Å². The Morgan fingerprint density at radius 1 is 1.21 bits per heavy atom. The summed E-state index contributed by atoms with van der Waals surface area (Å²) in [5, 5.41) is 9.29. The molecule has 0 spiro atoms. The van der Waals surface area contributed by atoms with Crippen molar-refractivity contribution in [3.05, 3.63) is 24.3 Å². The molecule has 0 saturated carbocycles. The van der Waals surface area contributed by atoms with Crippen molar-refractivity contribution < 1.29 is 24.2 Å². The average Bonchev–Trinajstić information content (AvgIpc) is 2.54. The second kappa shape index (κ2) is 7.09. The van der Waals surface area contributed by atoms with Gasteiger partial charge in [0.05, 0.1) is 7.11 Å². The Labute approximate surface area is 141 Å². The Balaban J connectivity index is 2.13. The molecule has 7 heteroatoms. The maximum Gasteiger partial charge on any atom is 0.322 e.